The van der Waals surface area contributed by atoms with Gasteiger partial charge in [-0.1, -0.05) is 20.8 Å². The standard InChI is InChI=1S/C18H27N5O2/c1-18(2,3)12-5-7-13(8-6-12)21-15(24)10-23-11-19-16-14(17(23)25)9-20-22(16)4/h9,11-13H,5-8,10H2,1-4H3,(H,21,24). The second kappa shape index (κ2) is 6.61. The van der Waals surface area contributed by atoms with Gasteiger partial charge >= 0.3 is 0 Å². The average molecular weight is 345 g/mol. The van der Waals surface area contributed by atoms with E-state index < -0.39 is 0 Å². The number of amides is 1. The summed E-state index contributed by atoms with van der Waals surface area (Å²) < 4.78 is 2.90. The monoisotopic (exact) mass is 345 g/mol. The van der Waals surface area contributed by atoms with Crippen molar-refractivity contribution < 1.29 is 4.79 Å². The largest absolute Gasteiger partial charge is 0.352 e. The molecule has 0 spiro atoms. The Morgan fingerprint density at radius 1 is 1.28 bits per heavy atom. The topological polar surface area (TPSA) is 81.8 Å². The van der Waals surface area contributed by atoms with Gasteiger partial charge in [0, 0.05) is 13.1 Å². The molecule has 0 aromatic carbocycles. The first kappa shape index (κ1) is 17.6. The van der Waals surface area contributed by atoms with Gasteiger partial charge in [-0.3, -0.25) is 18.8 Å². The van der Waals surface area contributed by atoms with Crippen molar-refractivity contribution in [3.8, 4) is 0 Å². The van der Waals surface area contributed by atoms with Gasteiger partial charge in [0.25, 0.3) is 5.56 Å². The van der Waals surface area contributed by atoms with Crippen molar-refractivity contribution in [2.24, 2.45) is 18.4 Å². The molecule has 1 N–H and O–H groups in total. The van der Waals surface area contributed by atoms with Gasteiger partial charge in [-0.05, 0) is 37.0 Å². The lowest BCUT2D eigenvalue weighted by atomic mass is 9.71. The number of nitrogens with one attached hydrogen (secondary N) is 1. The minimum absolute atomic E-state index is 0.00410. The Kier molecular flexibility index (Phi) is 4.67. The van der Waals surface area contributed by atoms with E-state index in [-0.39, 0.29) is 24.1 Å². The molecule has 1 aliphatic rings. The zero-order chi connectivity index (χ0) is 18.2. The molecule has 136 valence electrons. The Balaban J connectivity index is 1.60. The number of hydrogen-bond acceptors (Lipinski definition) is 4. The Bertz CT molecular complexity index is 822. The number of carbonyl (C=O) groups is 1. The van der Waals surface area contributed by atoms with Crippen LogP contribution in [0, 0.1) is 11.3 Å². The smallest absolute Gasteiger partial charge is 0.264 e. The summed E-state index contributed by atoms with van der Waals surface area (Å²) in [6, 6.07) is 0.205. The summed E-state index contributed by atoms with van der Waals surface area (Å²) in [5, 5.41) is 7.54. The normalized spacial score (nSPS) is 21.4. The molecule has 1 aliphatic carbocycles. The summed E-state index contributed by atoms with van der Waals surface area (Å²) in [7, 11) is 1.74. The highest BCUT2D eigenvalue weighted by Crippen LogP contribution is 2.37. The van der Waals surface area contributed by atoms with E-state index in [9.17, 15) is 9.59 Å². The Morgan fingerprint density at radius 2 is 1.96 bits per heavy atom. The van der Waals surface area contributed by atoms with Gasteiger partial charge in [-0.2, -0.15) is 5.10 Å². The van der Waals surface area contributed by atoms with Crippen LogP contribution < -0.4 is 10.9 Å². The molecule has 7 heteroatoms. The van der Waals surface area contributed by atoms with Gasteiger partial charge in [-0.15, -0.1) is 0 Å². The minimum Gasteiger partial charge on any atom is -0.352 e. The molecule has 0 unspecified atom stereocenters. The van der Waals surface area contributed by atoms with Crippen LogP contribution in [0.25, 0.3) is 11.0 Å². The van der Waals surface area contributed by atoms with E-state index in [1.54, 1.807) is 11.7 Å². The van der Waals surface area contributed by atoms with Crippen LogP contribution in [0.4, 0.5) is 0 Å². The fraction of sp³-hybridized carbons (Fsp3) is 0.667. The zero-order valence-electron chi connectivity index (χ0n) is 15.5. The molecule has 1 fully saturated rings. The highest BCUT2D eigenvalue weighted by molar-refractivity contribution is 5.77. The Hall–Kier alpha value is -2.18. The molecule has 2 aromatic rings. The summed E-state index contributed by atoms with van der Waals surface area (Å²) in [4.78, 5) is 29.0. The van der Waals surface area contributed by atoms with E-state index in [4.69, 9.17) is 0 Å². The van der Waals surface area contributed by atoms with E-state index in [1.807, 2.05) is 0 Å². The summed E-state index contributed by atoms with van der Waals surface area (Å²) in [5.74, 6) is 0.576. The number of aromatic nitrogens is 4. The predicted octanol–water partition coefficient (Wildman–Crippen LogP) is 1.85. The fourth-order valence-electron chi connectivity index (χ4n) is 3.71. The molecule has 0 saturated heterocycles. The molecule has 0 bridgehead atoms. The molecule has 0 aliphatic heterocycles. The maximum absolute atomic E-state index is 12.4. The zero-order valence-corrected chi connectivity index (χ0v) is 15.5. The molecule has 25 heavy (non-hydrogen) atoms. The maximum atomic E-state index is 12.4. The van der Waals surface area contributed by atoms with Crippen LogP contribution >= 0.6 is 0 Å². The number of rotatable bonds is 3. The molecule has 2 aromatic heterocycles. The molecule has 3 rings (SSSR count). The van der Waals surface area contributed by atoms with Crippen LogP contribution in [0.5, 0.6) is 0 Å². The van der Waals surface area contributed by atoms with E-state index >= 15 is 0 Å². The Morgan fingerprint density at radius 3 is 2.60 bits per heavy atom. The van der Waals surface area contributed by atoms with Gasteiger partial charge in [0.2, 0.25) is 5.91 Å². The fourth-order valence-corrected chi connectivity index (χ4v) is 3.71. The molecule has 1 amide bonds. The molecular formula is C18H27N5O2. The van der Waals surface area contributed by atoms with E-state index in [1.165, 1.54) is 17.1 Å². The van der Waals surface area contributed by atoms with E-state index in [0.29, 0.717) is 22.4 Å². The highest BCUT2D eigenvalue weighted by atomic mass is 16.2. The third-order valence-corrected chi connectivity index (χ3v) is 5.35. The van der Waals surface area contributed by atoms with Crippen LogP contribution in [-0.4, -0.2) is 31.3 Å². The number of nitrogens with zero attached hydrogens (tertiary/aromatic N) is 4. The summed E-state index contributed by atoms with van der Waals surface area (Å²) in [6.45, 7) is 6.84. The van der Waals surface area contributed by atoms with Gasteiger partial charge in [-0.25, -0.2) is 4.98 Å². The maximum Gasteiger partial charge on any atom is 0.264 e. The first-order valence-corrected chi connectivity index (χ1v) is 8.92. The van der Waals surface area contributed by atoms with Gasteiger partial charge < -0.3 is 5.32 Å². The second-order valence-corrected chi connectivity index (χ2v) is 8.17. The van der Waals surface area contributed by atoms with Crippen molar-refractivity contribution in [3.63, 3.8) is 0 Å². The number of hydrogen-bond donors (Lipinski definition) is 1. The lowest BCUT2D eigenvalue weighted by molar-refractivity contribution is -0.122. The van der Waals surface area contributed by atoms with Crippen LogP contribution in [0.2, 0.25) is 0 Å². The van der Waals surface area contributed by atoms with Gasteiger partial charge in [0.15, 0.2) is 5.65 Å². The minimum atomic E-state index is -0.232. The number of aryl methyl sites for hydroxylation is 1. The molecule has 0 atom stereocenters. The second-order valence-electron chi connectivity index (χ2n) is 8.17. The number of fused-ring (bicyclic) bond motifs is 1. The molecule has 7 nitrogen and oxygen atoms in total. The first-order chi connectivity index (χ1) is 11.8. The van der Waals surface area contributed by atoms with Gasteiger partial charge in [0.1, 0.15) is 18.3 Å². The predicted molar refractivity (Wildman–Crippen MR) is 96.1 cm³/mol. The van der Waals surface area contributed by atoms with Crippen molar-refractivity contribution in [3.05, 3.63) is 22.9 Å². The van der Waals surface area contributed by atoms with Crippen molar-refractivity contribution >= 4 is 16.9 Å². The number of carbonyl (C=O) groups excluding carboxylic acids is 1. The van der Waals surface area contributed by atoms with Crippen molar-refractivity contribution in [2.45, 2.75) is 59.0 Å². The molecule has 0 radical (unpaired) electrons. The van der Waals surface area contributed by atoms with Crippen molar-refractivity contribution in [1.29, 1.82) is 0 Å². The summed E-state index contributed by atoms with van der Waals surface area (Å²) in [6.07, 6.45) is 7.19. The lowest BCUT2D eigenvalue weighted by Gasteiger charge is -2.37. The SMILES string of the molecule is Cn1ncc2c(=O)n(CC(=O)NC3CCC(C(C)(C)C)CC3)cnc21. The average Bonchev–Trinajstić information content (AvgIpc) is 2.92. The van der Waals surface area contributed by atoms with E-state index in [0.717, 1.165) is 25.7 Å². The third-order valence-electron chi connectivity index (χ3n) is 5.35. The highest BCUT2D eigenvalue weighted by Gasteiger charge is 2.30. The van der Waals surface area contributed by atoms with Gasteiger partial charge in [0.05, 0.1) is 6.20 Å². The quantitative estimate of drug-likeness (QED) is 0.920. The molecule has 2 heterocycles. The van der Waals surface area contributed by atoms with Crippen LogP contribution in [0.15, 0.2) is 17.3 Å². The van der Waals surface area contributed by atoms with Crippen LogP contribution in [0.3, 0.4) is 0 Å². The summed E-state index contributed by atoms with van der Waals surface area (Å²) in [5.41, 5.74) is 0.624. The lowest BCUT2D eigenvalue weighted by Crippen LogP contribution is -2.42. The molecule has 1 saturated carbocycles. The van der Waals surface area contributed by atoms with Crippen molar-refractivity contribution in [1.82, 2.24) is 24.6 Å². The molecular weight excluding hydrogens is 318 g/mol. The Labute approximate surface area is 147 Å². The van der Waals surface area contributed by atoms with E-state index in [2.05, 4.69) is 36.2 Å². The summed E-state index contributed by atoms with van der Waals surface area (Å²) >= 11 is 0. The van der Waals surface area contributed by atoms with Crippen molar-refractivity contribution in [2.75, 3.05) is 0 Å². The third kappa shape index (κ3) is 3.75. The first-order valence-electron chi connectivity index (χ1n) is 8.92. The van der Waals surface area contributed by atoms with Crippen LogP contribution in [0.1, 0.15) is 46.5 Å². The van der Waals surface area contributed by atoms with Crippen LogP contribution in [-0.2, 0) is 18.4 Å².